The molecule has 0 amide bonds. The van der Waals surface area contributed by atoms with E-state index in [1.807, 2.05) is 0 Å². The molecule has 2 heterocycles. The number of hydrogen-bond donors (Lipinski definition) is 0. The Morgan fingerprint density at radius 1 is 1.31 bits per heavy atom. The van der Waals surface area contributed by atoms with E-state index in [9.17, 15) is 13.2 Å². The van der Waals surface area contributed by atoms with Gasteiger partial charge in [-0.1, -0.05) is 11.6 Å². The third-order valence-corrected chi connectivity index (χ3v) is 2.09. The highest BCUT2D eigenvalue weighted by atomic mass is 35.5. The number of nitrogens with zero attached hydrogens (tertiary/aromatic N) is 3. The third kappa shape index (κ3) is 1.67. The summed E-state index contributed by atoms with van der Waals surface area (Å²) in [5.41, 5.74) is 0.000833. The van der Waals surface area contributed by atoms with Gasteiger partial charge in [0.15, 0.2) is 5.65 Å². The Balaban J connectivity index is 2.76. The Hall–Kier alpha value is -1.50. The van der Waals surface area contributed by atoms with Crippen molar-refractivity contribution in [3.63, 3.8) is 0 Å². The van der Waals surface area contributed by atoms with Crippen molar-refractivity contribution >= 4 is 22.8 Å². The van der Waals surface area contributed by atoms with E-state index >= 15 is 0 Å². The van der Waals surface area contributed by atoms with Gasteiger partial charge in [0, 0.05) is 0 Å². The van der Waals surface area contributed by atoms with E-state index in [2.05, 4.69) is 14.8 Å². The number of hydrogen-bond acceptors (Lipinski definition) is 3. The van der Waals surface area contributed by atoms with Crippen LogP contribution >= 0.6 is 11.6 Å². The van der Waals surface area contributed by atoms with Crippen molar-refractivity contribution in [3.8, 4) is 0 Å². The topological polar surface area (TPSA) is 39.9 Å². The van der Waals surface area contributed by atoms with Gasteiger partial charge in [0.25, 0.3) is 5.82 Å². The van der Waals surface area contributed by atoms with Crippen molar-refractivity contribution in [2.45, 2.75) is 6.18 Å². The SMILES string of the molecule is COn1c(C(F)(F)F)nc2nc(Cl)ccc21. The summed E-state index contributed by atoms with van der Waals surface area (Å²) < 4.78 is 38.2. The monoisotopic (exact) mass is 251 g/mol. The standard InChI is InChI=1S/C8H5ClF3N3O/c1-16-15-4-2-3-5(9)13-6(4)14-7(15)8(10,11)12/h2-3H,1H3. The molecule has 0 aliphatic heterocycles. The molecular weight excluding hydrogens is 247 g/mol. The van der Waals surface area contributed by atoms with Crippen molar-refractivity contribution in [2.24, 2.45) is 0 Å². The van der Waals surface area contributed by atoms with Gasteiger partial charge in [-0.25, -0.2) is 9.97 Å². The second-order valence-electron chi connectivity index (χ2n) is 2.89. The molecule has 0 atom stereocenters. The average molecular weight is 252 g/mol. The van der Waals surface area contributed by atoms with Crippen LogP contribution in [0.5, 0.6) is 0 Å². The molecule has 2 aromatic heterocycles. The number of fused-ring (bicyclic) bond motifs is 1. The molecule has 0 radical (unpaired) electrons. The summed E-state index contributed by atoms with van der Waals surface area (Å²) in [6, 6.07) is 2.72. The first-order valence-corrected chi connectivity index (χ1v) is 4.48. The molecule has 2 aromatic rings. The van der Waals surface area contributed by atoms with Crippen LogP contribution in [0.2, 0.25) is 5.15 Å². The lowest BCUT2D eigenvalue weighted by Crippen LogP contribution is -2.18. The summed E-state index contributed by atoms with van der Waals surface area (Å²) in [6.45, 7) is 0. The Labute approximate surface area is 92.6 Å². The van der Waals surface area contributed by atoms with E-state index in [1.54, 1.807) is 0 Å². The van der Waals surface area contributed by atoms with Gasteiger partial charge >= 0.3 is 6.18 Å². The second-order valence-corrected chi connectivity index (χ2v) is 3.27. The van der Waals surface area contributed by atoms with E-state index in [0.717, 1.165) is 7.11 Å². The zero-order chi connectivity index (χ0) is 11.9. The second kappa shape index (κ2) is 3.51. The molecule has 0 aromatic carbocycles. The summed E-state index contributed by atoms with van der Waals surface area (Å²) in [4.78, 5) is 11.6. The number of rotatable bonds is 1. The zero-order valence-electron chi connectivity index (χ0n) is 7.92. The average Bonchev–Trinajstić information content (AvgIpc) is 2.54. The van der Waals surface area contributed by atoms with Crippen molar-refractivity contribution in [1.82, 2.24) is 14.7 Å². The van der Waals surface area contributed by atoms with Crippen molar-refractivity contribution < 1.29 is 18.0 Å². The minimum absolute atomic E-state index is 0.0713. The smallest absolute Gasteiger partial charge is 0.415 e. The number of aromatic nitrogens is 3. The van der Waals surface area contributed by atoms with Crippen LogP contribution in [0.15, 0.2) is 12.1 Å². The molecule has 86 valence electrons. The van der Waals surface area contributed by atoms with E-state index in [1.165, 1.54) is 12.1 Å². The van der Waals surface area contributed by atoms with Gasteiger partial charge in [0.2, 0.25) is 0 Å². The fourth-order valence-corrected chi connectivity index (χ4v) is 1.42. The lowest BCUT2D eigenvalue weighted by Gasteiger charge is -2.08. The Morgan fingerprint density at radius 2 is 2.00 bits per heavy atom. The Kier molecular flexibility index (Phi) is 2.42. The number of imidazole rings is 1. The van der Waals surface area contributed by atoms with Gasteiger partial charge < -0.3 is 4.84 Å². The first-order chi connectivity index (χ1) is 7.43. The maximum absolute atomic E-state index is 12.6. The predicted octanol–water partition coefficient (Wildman–Crippen LogP) is 2.16. The van der Waals surface area contributed by atoms with Gasteiger partial charge in [-0.15, -0.1) is 0 Å². The molecule has 0 fully saturated rings. The Bertz CT molecular complexity index is 537. The summed E-state index contributed by atoms with van der Waals surface area (Å²) >= 11 is 5.56. The van der Waals surface area contributed by atoms with Crippen molar-refractivity contribution in [1.29, 1.82) is 0 Å². The number of pyridine rings is 1. The maximum Gasteiger partial charge on any atom is 0.453 e. The van der Waals surface area contributed by atoms with Gasteiger partial charge in [-0.2, -0.15) is 17.9 Å². The fraction of sp³-hybridized carbons (Fsp3) is 0.250. The normalized spacial score (nSPS) is 12.1. The van der Waals surface area contributed by atoms with Crippen molar-refractivity contribution in [2.75, 3.05) is 7.11 Å². The van der Waals surface area contributed by atoms with Gasteiger partial charge in [-0.05, 0) is 12.1 Å². The highest BCUT2D eigenvalue weighted by Gasteiger charge is 2.38. The molecule has 0 saturated carbocycles. The van der Waals surface area contributed by atoms with Crippen molar-refractivity contribution in [3.05, 3.63) is 23.1 Å². The van der Waals surface area contributed by atoms with Crippen LogP contribution < -0.4 is 4.84 Å². The predicted molar refractivity (Wildman–Crippen MR) is 50.0 cm³/mol. The highest BCUT2D eigenvalue weighted by Crippen LogP contribution is 2.30. The summed E-state index contributed by atoms with van der Waals surface area (Å²) in [5.74, 6) is -1.17. The van der Waals surface area contributed by atoms with E-state index in [-0.39, 0.29) is 16.3 Å². The molecule has 8 heteroatoms. The number of alkyl halides is 3. The molecular formula is C8H5ClF3N3O. The van der Waals surface area contributed by atoms with Crippen LogP contribution in [0.25, 0.3) is 11.2 Å². The van der Waals surface area contributed by atoms with E-state index in [0.29, 0.717) is 4.73 Å². The fourth-order valence-electron chi connectivity index (χ4n) is 1.28. The lowest BCUT2D eigenvalue weighted by atomic mass is 10.4. The molecule has 0 spiro atoms. The molecule has 4 nitrogen and oxygen atoms in total. The largest absolute Gasteiger partial charge is 0.453 e. The maximum atomic E-state index is 12.6. The highest BCUT2D eigenvalue weighted by molar-refractivity contribution is 6.29. The van der Waals surface area contributed by atoms with Crippen LogP contribution in [0.1, 0.15) is 5.82 Å². The molecule has 0 N–H and O–H groups in total. The molecule has 0 aliphatic carbocycles. The molecule has 0 bridgehead atoms. The van der Waals surface area contributed by atoms with Crippen LogP contribution in [0, 0.1) is 0 Å². The summed E-state index contributed by atoms with van der Waals surface area (Å²) in [7, 11) is 1.12. The van der Waals surface area contributed by atoms with Gasteiger partial charge in [0.05, 0.1) is 0 Å². The minimum Gasteiger partial charge on any atom is -0.415 e. The molecule has 0 unspecified atom stereocenters. The van der Waals surface area contributed by atoms with Crippen LogP contribution in [-0.4, -0.2) is 21.8 Å². The molecule has 16 heavy (non-hydrogen) atoms. The molecule has 0 aliphatic rings. The summed E-state index contributed by atoms with van der Waals surface area (Å²) in [6.07, 6.45) is -4.61. The quantitative estimate of drug-likeness (QED) is 0.729. The van der Waals surface area contributed by atoms with Gasteiger partial charge in [-0.3, -0.25) is 0 Å². The van der Waals surface area contributed by atoms with E-state index < -0.39 is 12.0 Å². The zero-order valence-corrected chi connectivity index (χ0v) is 8.67. The van der Waals surface area contributed by atoms with Crippen LogP contribution in [-0.2, 0) is 6.18 Å². The van der Waals surface area contributed by atoms with Crippen LogP contribution in [0.4, 0.5) is 13.2 Å². The first-order valence-electron chi connectivity index (χ1n) is 4.10. The molecule has 2 rings (SSSR count). The number of halogens is 4. The van der Waals surface area contributed by atoms with Crippen LogP contribution in [0.3, 0.4) is 0 Å². The lowest BCUT2D eigenvalue weighted by molar-refractivity contribution is -0.153. The minimum atomic E-state index is -4.61. The first kappa shape index (κ1) is 11.0. The van der Waals surface area contributed by atoms with E-state index in [4.69, 9.17) is 11.6 Å². The van der Waals surface area contributed by atoms with Gasteiger partial charge in [0.1, 0.15) is 17.8 Å². The Morgan fingerprint density at radius 3 is 2.56 bits per heavy atom. The summed E-state index contributed by atoms with van der Waals surface area (Å²) in [5, 5.41) is 0.0713. The third-order valence-electron chi connectivity index (χ3n) is 1.88. The molecule has 0 saturated heterocycles.